The molecule has 2 N–H and O–H groups in total. The highest BCUT2D eigenvalue weighted by molar-refractivity contribution is 7.89. The van der Waals surface area contributed by atoms with Gasteiger partial charge in [-0.25, -0.2) is 22.6 Å². The maximum absolute atomic E-state index is 14.0. The van der Waals surface area contributed by atoms with E-state index in [0.29, 0.717) is 24.3 Å². The van der Waals surface area contributed by atoms with Crippen LogP contribution < -0.4 is 19.3 Å². The molecule has 0 aromatic heterocycles. The van der Waals surface area contributed by atoms with Gasteiger partial charge < -0.3 is 43.4 Å². The van der Waals surface area contributed by atoms with Crippen LogP contribution in [0.4, 0.5) is 4.79 Å². The fraction of sp³-hybridized carbons (Fsp3) is 0.512. The number of methoxy groups -OCH3 is 1. The molecular formula is C41H55N2O14PS. The van der Waals surface area contributed by atoms with Crippen molar-refractivity contribution < 1.29 is 65.1 Å². The monoisotopic (exact) mass is 862 g/mol. The number of ether oxygens (including phenoxy) is 6. The zero-order chi connectivity index (χ0) is 42.7. The number of carbonyl (C=O) groups excluding carboxylic acids is 2. The first-order valence-corrected chi connectivity index (χ1v) is 22.7. The molecule has 0 radical (unpaired) electrons. The second kappa shape index (κ2) is 20.8. The van der Waals surface area contributed by atoms with E-state index in [9.17, 15) is 27.7 Å². The van der Waals surface area contributed by atoms with Gasteiger partial charge in [-0.05, 0) is 93.6 Å². The molecule has 324 valence electrons. The Morgan fingerprint density at radius 1 is 0.915 bits per heavy atom. The van der Waals surface area contributed by atoms with Gasteiger partial charge in [0.25, 0.3) is 0 Å². The lowest BCUT2D eigenvalue weighted by atomic mass is 10.0. The molecule has 16 nitrogen and oxygen atoms in total. The molecule has 5 rings (SSSR count). The topological polar surface area (TPSA) is 195 Å². The van der Waals surface area contributed by atoms with Gasteiger partial charge in [-0.15, -0.1) is 0 Å². The lowest BCUT2D eigenvalue weighted by Gasteiger charge is -2.31. The SMILES string of the molecule is COc1ccc(S(=O)(=O)N(CC(C)C)C[C@@H](O)[C@H](Cc2ccc(OCP(=O)(Oc3ccccc3)O[C@@H](C)C(=O)OC(C)C)cc2)NC(=O)O[C@H]2CO[C@H]3OCC[C@H]32)cc1. The van der Waals surface area contributed by atoms with Crippen LogP contribution in [0.25, 0.3) is 0 Å². The van der Waals surface area contributed by atoms with Crippen molar-refractivity contribution in [2.45, 2.75) is 89.1 Å². The number of para-hydroxylation sites is 1. The summed E-state index contributed by atoms with van der Waals surface area (Å²) in [4.78, 5) is 25.9. The number of esters is 1. The lowest BCUT2D eigenvalue weighted by Crippen LogP contribution is -2.51. The zero-order valence-corrected chi connectivity index (χ0v) is 35.8. The van der Waals surface area contributed by atoms with Crippen LogP contribution in [0.15, 0.2) is 83.8 Å². The molecule has 0 saturated carbocycles. The number of hydrogen-bond donors (Lipinski definition) is 2. The van der Waals surface area contributed by atoms with Crippen LogP contribution >= 0.6 is 7.60 Å². The molecule has 59 heavy (non-hydrogen) atoms. The highest BCUT2D eigenvalue weighted by Gasteiger charge is 2.44. The maximum Gasteiger partial charge on any atom is 0.417 e. The number of alkyl carbamates (subject to hydrolysis) is 1. The Hall–Kier alpha value is -4.22. The number of nitrogens with zero attached hydrogens (tertiary/aromatic N) is 1. The Labute approximate surface area is 345 Å². The van der Waals surface area contributed by atoms with E-state index in [1.54, 1.807) is 80.6 Å². The second-order valence-electron chi connectivity index (χ2n) is 15.0. The number of aliphatic hydroxyl groups is 1. The Morgan fingerprint density at radius 3 is 2.24 bits per heavy atom. The molecule has 1 amide bonds. The standard InChI is InChI=1S/C41H55N2O14PS/c1-27(2)23-43(59(48,49)34-18-16-31(50-6)17-19-34)24-37(44)36(42-41(46)55-38-25-52-40-35(38)20-21-51-40)22-30-12-14-32(15-13-30)53-26-58(47,57-33-10-8-7-9-11-33)56-29(5)39(45)54-28(3)4/h7-19,27-29,35-38,40,44H,20-26H2,1-6H3,(H,42,46)/t29-,35-,36-,37+,38-,40+,58?/m0/s1. The molecule has 2 saturated heterocycles. The zero-order valence-electron chi connectivity index (χ0n) is 34.1. The summed E-state index contributed by atoms with van der Waals surface area (Å²) in [6.07, 6.45) is -4.67. The number of rotatable bonds is 21. The van der Waals surface area contributed by atoms with Gasteiger partial charge >= 0.3 is 19.7 Å². The molecule has 0 spiro atoms. The Morgan fingerprint density at radius 2 is 1.59 bits per heavy atom. The van der Waals surface area contributed by atoms with Gasteiger partial charge in [-0.1, -0.05) is 44.2 Å². The number of carbonyl (C=O) groups is 2. The first kappa shape index (κ1) is 45.9. The van der Waals surface area contributed by atoms with Crippen LogP contribution in [-0.2, 0) is 49.3 Å². The predicted molar refractivity (Wildman–Crippen MR) is 216 cm³/mol. The van der Waals surface area contributed by atoms with Crippen molar-refractivity contribution in [2.24, 2.45) is 11.8 Å². The molecule has 1 unspecified atom stereocenters. The van der Waals surface area contributed by atoms with E-state index in [1.807, 2.05) is 13.8 Å². The van der Waals surface area contributed by atoms with Gasteiger partial charge in [-0.2, -0.15) is 4.31 Å². The van der Waals surface area contributed by atoms with Gasteiger partial charge in [0.1, 0.15) is 23.4 Å². The number of aliphatic hydroxyl groups excluding tert-OH is 1. The second-order valence-corrected chi connectivity index (χ2v) is 18.9. The number of benzene rings is 3. The summed E-state index contributed by atoms with van der Waals surface area (Å²) >= 11 is 0. The quantitative estimate of drug-likeness (QED) is 0.0969. The van der Waals surface area contributed by atoms with Crippen molar-refractivity contribution >= 4 is 29.7 Å². The Kier molecular flexibility index (Phi) is 16.2. The van der Waals surface area contributed by atoms with Gasteiger partial charge in [0, 0.05) is 13.1 Å². The molecule has 0 bridgehead atoms. The molecule has 0 aliphatic carbocycles. The summed E-state index contributed by atoms with van der Waals surface area (Å²) in [5.41, 5.74) is 0.633. The van der Waals surface area contributed by atoms with E-state index >= 15 is 0 Å². The summed E-state index contributed by atoms with van der Waals surface area (Å²) in [5, 5.41) is 14.5. The minimum absolute atomic E-state index is 0.0225. The minimum Gasteiger partial charge on any atom is -0.497 e. The molecule has 2 aliphatic rings. The molecule has 2 fully saturated rings. The highest BCUT2D eigenvalue weighted by atomic mass is 32.2. The lowest BCUT2D eigenvalue weighted by molar-refractivity contribution is -0.155. The molecule has 7 atom stereocenters. The molecule has 2 heterocycles. The highest BCUT2D eigenvalue weighted by Crippen LogP contribution is 2.49. The summed E-state index contributed by atoms with van der Waals surface area (Å²) in [5.74, 6) is 0.0786. The third-order valence-corrected chi connectivity index (χ3v) is 12.8. The van der Waals surface area contributed by atoms with Gasteiger partial charge in [0.15, 0.2) is 12.4 Å². The van der Waals surface area contributed by atoms with Crippen LogP contribution in [0.3, 0.4) is 0 Å². The van der Waals surface area contributed by atoms with Crippen molar-refractivity contribution in [1.29, 1.82) is 0 Å². The van der Waals surface area contributed by atoms with Crippen LogP contribution in [0.5, 0.6) is 17.2 Å². The van der Waals surface area contributed by atoms with E-state index < -0.39 is 72.8 Å². The summed E-state index contributed by atoms with van der Waals surface area (Å²) in [6, 6.07) is 19.8. The third kappa shape index (κ3) is 13.1. The van der Waals surface area contributed by atoms with Crippen LogP contribution in [0.1, 0.15) is 46.6 Å². The van der Waals surface area contributed by atoms with Crippen LogP contribution in [0.2, 0.25) is 0 Å². The van der Waals surface area contributed by atoms with E-state index in [-0.39, 0.29) is 54.3 Å². The van der Waals surface area contributed by atoms with E-state index in [1.165, 1.54) is 30.5 Å². The van der Waals surface area contributed by atoms with E-state index in [0.717, 1.165) is 0 Å². The van der Waals surface area contributed by atoms with Crippen molar-refractivity contribution in [1.82, 2.24) is 9.62 Å². The van der Waals surface area contributed by atoms with Crippen molar-refractivity contribution in [3.8, 4) is 17.2 Å². The molecular weight excluding hydrogens is 807 g/mol. The summed E-state index contributed by atoms with van der Waals surface area (Å²) in [6.45, 7) is 8.91. The average molecular weight is 863 g/mol. The Bertz CT molecular complexity index is 1970. The van der Waals surface area contributed by atoms with Crippen molar-refractivity contribution in [3.63, 3.8) is 0 Å². The molecule has 3 aromatic carbocycles. The predicted octanol–water partition coefficient (Wildman–Crippen LogP) is 5.77. The first-order valence-electron chi connectivity index (χ1n) is 19.5. The number of sulfonamides is 1. The smallest absolute Gasteiger partial charge is 0.417 e. The molecule has 18 heteroatoms. The van der Waals surface area contributed by atoms with E-state index in [2.05, 4.69) is 5.32 Å². The molecule has 2 aliphatic heterocycles. The van der Waals surface area contributed by atoms with Gasteiger partial charge in [0.05, 0.1) is 49.4 Å². The number of fused-ring (bicyclic) bond motifs is 1. The van der Waals surface area contributed by atoms with E-state index in [4.69, 9.17) is 37.5 Å². The average Bonchev–Trinajstić information content (AvgIpc) is 3.82. The first-order chi connectivity index (χ1) is 28.0. The van der Waals surface area contributed by atoms with Gasteiger partial charge in [-0.3, -0.25) is 4.52 Å². The fourth-order valence-electron chi connectivity index (χ4n) is 6.53. The van der Waals surface area contributed by atoms with Crippen LogP contribution in [-0.4, -0.2) is 106 Å². The summed E-state index contributed by atoms with van der Waals surface area (Å²) in [7, 11) is -6.70. The third-order valence-electron chi connectivity index (χ3n) is 9.43. The maximum atomic E-state index is 14.0. The minimum atomic E-state index is -4.10. The summed E-state index contributed by atoms with van der Waals surface area (Å²) < 4.78 is 87.5. The van der Waals surface area contributed by atoms with Crippen LogP contribution in [0, 0.1) is 11.8 Å². The van der Waals surface area contributed by atoms with Crippen molar-refractivity contribution in [3.05, 3.63) is 84.4 Å². The van der Waals surface area contributed by atoms with Crippen molar-refractivity contribution in [2.75, 3.05) is 39.8 Å². The fourth-order valence-corrected chi connectivity index (χ4v) is 9.62. The number of amides is 1. The number of hydrogen-bond acceptors (Lipinski definition) is 14. The normalized spacial score (nSPS) is 20.3. The molecule has 3 aromatic rings. The number of nitrogens with one attached hydrogen (secondary N) is 1. The largest absolute Gasteiger partial charge is 0.497 e. The Balaban J connectivity index is 1.32. The van der Waals surface area contributed by atoms with Gasteiger partial charge in [0.2, 0.25) is 16.4 Å².